The molecule has 2 N–H and O–H groups in total. The number of ether oxygens (including phenoxy) is 1. The van der Waals surface area contributed by atoms with Gasteiger partial charge in [0.25, 0.3) is 15.7 Å². The van der Waals surface area contributed by atoms with Crippen molar-refractivity contribution in [3.05, 3.63) is 74.5 Å². The average molecular weight is 447 g/mol. The first-order valence-electron chi connectivity index (χ1n) is 8.58. The van der Waals surface area contributed by atoms with Crippen molar-refractivity contribution in [3.8, 4) is 5.75 Å². The first kappa shape index (κ1) is 21.3. The smallest absolute Gasteiger partial charge is 0.295 e. The van der Waals surface area contributed by atoms with E-state index >= 15 is 0 Å². The lowest BCUT2D eigenvalue weighted by atomic mass is 10.3. The molecular formula is C19H18N4O5S2. The fraction of sp³-hybridized carbons (Fsp3) is 0.105. The van der Waals surface area contributed by atoms with Gasteiger partial charge in [-0.3, -0.25) is 20.3 Å². The molecule has 0 aliphatic heterocycles. The fourth-order valence-electron chi connectivity index (χ4n) is 2.47. The van der Waals surface area contributed by atoms with Crippen LogP contribution in [0.25, 0.3) is 0 Å². The molecular weight excluding hydrogens is 428 g/mol. The summed E-state index contributed by atoms with van der Waals surface area (Å²) in [4.78, 5) is 11.5. The minimum absolute atomic E-state index is 0.0776. The third-order valence-electron chi connectivity index (χ3n) is 4.09. The molecule has 0 spiro atoms. The van der Waals surface area contributed by atoms with E-state index in [0.29, 0.717) is 11.4 Å². The molecule has 0 radical (unpaired) electrons. The molecule has 0 saturated carbocycles. The number of sulfonamides is 1. The summed E-state index contributed by atoms with van der Waals surface area (Å²) in [6.45, 7) is 1.93. The van der Waals surface area contributed by atoms with Crippen LogP contribution in [-0.4, -0.2) is 26.7 Å². The van der Waals surface area contributed by atoms with Gasteiger partial charge in [-0.2, -0.15) is 5.10 Å². The quantitative estimate of drug-likeness (QED) is 0.303. The van der Waals surface area contributed by atoms with Gasteiger partial charge in [0.2, 0.25) is 0 Å². The molecule has 11 heteroatoms. The molecule has 2 aromatic carbocycles. The molecule has 0 aliphatic rings. The zero-order chi connectivity index (χ0) is 21.7. The summed E-state index contributed by atoms with van der Waals surface area (Å²) in [7, 11) is -2.53. The number of aryl methyl sites for hydroxylation is 1. The van der Waals surface area contributed by atoms with E-state index in [9.17, 15) is 18.5 Å². The van der Waals surface area contributed by atoms with Crippen LogP contribution in [0.5, 0.6) is 5.75 Å². The molecule has 1 aromatic heterocycles. The topological polar surface area (TPSA) is 123 Å². The summed E-state index contributed by atoms with van der Waals surface area (Å²) in [5.41, 5.74) is 3.61. The van der Waals surface area contributed by atoms with E-state index in [1.807, 2.05) is 18.4 Å². The van der Waals surface area contributed by atoms with Gasteiger partial charge in [-0.15, -0.1) is 11.3 Å². The molecule has 0 unspecified atom stereocenters. The number of nitrogens with one attached hydrogen (secondary N) is 2. The van der Waals surface area contributed by atoms with Gasteiger partial charge >= 0.3 is 0 Å². The van der Waals surface area contributed by atoms with Crippen molar-refractivity contribution in [2.75, 3.05) is 17.3 Å². The maximum absolute atomic E-state index is 12.6. The van der Waals surface area contributed by atoms with Crippen LogP contribution in [-0.2, 0) is 10.0 Å². The SMILES string of the molecule is COc1ccc(NS(=O)(=O)c2ccc(N/N=C/c3sccc3C)c([N+](=O)[O-])c2)cc1. The summed E-state index contributed by atoms with van der Waals surface area (Å²) >= 11 is 1.49. The Hall–Kier alpha value is -3.44. The number of hydrazone groups is 1. The Bertz CT molecular complexity index is 1190. The Labute approximate surface area is 177 Å². The van der Waals surface area contributed by atoms with Crippen molar-refractivity contribution in [1.82, 2.24) is 0 Å². The van der Waals surface area contributed by atoms with Crippen LogP contribution < -0.4 is 14.9 Å². The molecule has 0 amide bonds. The predicted molar refractivity (Wildman–Crippen MR) is 117 cm³/mol. The highest BCUT2D eigenvalue weighted by atomic mass is 32.2. The Morgan fingerprint density at radius 1 is 1.17 bits per heavy atom. The molecule has 0 bridgehead atoms. The van der Waals surface area contributed by atoms with Crippen LogP contribution in [0.4, 0.5) is 17.1 Å². The number of hydrogen-bond acceptors (Lipinski definition) is 8. The number of nitro benzene ring substituents is 1. The average Bonchev–Trinajstić information content (AvgIpc) is 3.13. The highest BCUT2D eigenvalue weighted by molar-refractivity contribution is 7.92. The van der Waals surface area contributed by atoms with E-state index in [4.69, 9.17) is 4.74 Å². The zero-order valence-electron chi connectivity index (χ0n) is 16.0. The van der Waals surface area contributed by atoms with Crippen LogP contribution in [0.3, 0.4) is 0 Å². The Balaban J connectivity index is 1.83. The third kappa shape index (κ3) is 4.93. The van der Waals surface area contributed by atoms with E-state index in [1.165, 1.54) is 42.7 Å². The number of benzene rings is 2. The van der Waals surface area contributed by atoms with Gasteiger partial charge in [-0.1, -0.05) is 0 Å². The highest BCUT2D eigenvalue weighted by Crippen LogP contribution is 2.29. The third-order valence-corrected chi connectivity index (χ3v) is 6.42. The van der Waals surface area contributed by atoms with Crippen LogP contribution >= 0.6 is 11.3 Å². The first-order chi connectivity index (χ1) is 14.3. The summed E-state index contributed by atoms with van der Waals surface area (Å²) in [6.07, 6.45) is 1.56. The number of anilines is 2. The Morgan fingerprint density at radius 2 is 1.90 bits per heavy atom. The molecule has 1 heterocycles. The highest BCUT2D eigenvalue weighted by Gasteiger charge is 2.21. The van der Waals surface area contributed by atoms with Gasteiger partial charge in [0, 0.05) is 16.6 Å². The van der Waals surface area contributed by atoms with Gasteiger partial charge in [0.15, 0.2) is 0 Å². The van der Waals surface area contributed by atoms with E-state index in [2.05, 4.69) is 15.2 Å². The van der Waals surface area contributed by atoms with Crippen LogP contribution in [0.15, 0.2) is 63.9 Å². The zero-order valence-corrected chi connectivity index (χ0v) is 17.7. The largest absolute Gasteiger partial charge is 0.497 e. The molecule has 3 rings (SSSR count). The lowest BCUT2D eigenvalue weighted by Gasteiger charge is -2.10. The molecule has 156 valence electrons. The van der Waals surface area contributed by atoms with Crippen LogP contribution in [0, 0.1) is 17.0 Å². The maximum atomic E-state index is 12.6. The second-order valence-electron chi connectivity index (χ2n) is 6.11. The van der Waals surface area contributed by atoms with E-state index in [1.54, 1.807) is 18.3 Å². The van der Waals surface area contributed by atoms with Crippen LogP contribution in [0.1, 0.15) is 10.4 Å². The molecule has 3 aromatic rings. The summed E-state index contributed by atoms with van der Waals surface area (Å²) in [5, 5.41) is 17.4. The normalized spacial score (nSPS) is 11.4. The van der Waals surface area contributed by atoms with Crippen molar-refractivity contribution < 1.29 is 18.1 Å². The number of nitrogens with zero attached hydrogens (tertiary/aromatic N) is 2. The van der Waals surface area contributed by atoms with Crippen LogP contribution in [0.2, 0.25) is 0 Å². The second-order valence-corrected chi connectivity index (χ2v) is 8.74. The van der Waals surface area contributed by atoms with Gasteiger partial charge in [0.1, 0.15) is 11.4 Å². The van der Waals surface area contributed by atoms with Gasteiger partial charge in [-0.25, -0.2) is 8.42 Å². The Morgan fingerprint density at radius 3 is 2.50 bits per heavy atom. The lowest BCUT2D eigenvalue weighted by molar-refractivity contribution is -0.384. The van der Waals surface area contributed by atoms with Crippen molar-refractivity contribution in [3.63, 3.8) is 0 Å². The van der Waals surface area contributed by atoms with Gasteiger partial charge in [0.05, 0.1) is 23.1 Å². The van der Waals surface area contributed by atoms with E-state index in [-0.39, 0.29) is 10.6 Å². The van der Waals surface area contributed by atoms with E-state index in [0.717, 1.165) is 16.5 Å². The number of methoxy groups -OCH3 is 1. The van der Waals surface area contributed by atoms with Crippen molar-refractivity contribution in [2.24, 2.45) is 5.10 Å². The minimum Gasteiger partial charge on any atom is -0.497 e. The van der Waals surface area contributed by atoms with Crippen molar-refractivity contribution in [1.29, 1.82) is 0 Å². The summed E-state index contributed by atoms with van der Waals surface area (Å²) in [6, 6.07) is 11.8. The second kappa shape index (κ2) is 8.93. The summed E-state index contributed by atoms with van der Waals surface area (Å²) < 4.78 is 32.7. The van der Waals surface area contributed by atoms with Crippen molar-refractivity contribution in [2.45, 2.75) is 11.8 Å². The maximum Gasteiger partial charge on any atom is 0.295 e. The first-order valence-corrected chi connectivity index (χ1v) is 10.9. The molecule has 0 saturated heterocycles. The molecule has 0 aliphatic carbocycles. The Kier molecular flexibility index (Phi) is 6.33. The summed E-state index contributed by atoms with van der Waals surface area (Å²) in [5.74, 6) is 0.572. The number of hydrogen-bond donors (Lipinski definition) is 2. The fourth-order valence-corrected chi connectivity index (χ4v) is 4.34. The van der Waals surface area contributed by atoms with Gasteiger partial charge < -0.3 is 4.74 Å². The number of rotatable bonds is 8. The van der Waals surface area contributed by atoms with Crippen molar-refractivity contribution >= 4 is 44.6 Å². The molecule has 9 nitrogen and oxygen atoms in total. The molecule has 0 fully saturated rings. The lowest BCUT2D eigenvalue weighted by Crippen LogP contribution is -2.13. The number of nitro groups is 1. The molecule has 0 atom stereocenters. The number of thiophene rings is 1. The van der Waals surface area contributed by atoms with Gasteiger partial charge in [-0.05, 0) is 60.3 Å². The predicted octanol–water partition coefficient (Wildman–Crippen LogP) is 4.22. The standard InChI is InChI=1S/C19H18N4O5S2/c1-13-9-10-29-19(13)12-20-21-17-8-7-16(11-18(17)23(24)25)30(26,27)22-14-3-5-15(28-2)6-4-14/h3-12,21-22H,1-2H3/b20-12+. The minimum atomic E-state index is -4.03. The monoisotopic (exact) mass is 446 g/mol. The molecule has 30 heavy (non-hydrogen) atoms. The van der Waals surface area contributed by atoms with E-state index < -0.39 is 20.6 Å².